The van der Waals surface area contributed by atoms with Crippen molar-refractivity contribution in [2.45, 2.75) is 20.3 Å². The molecule has 5 heteroatoms. The molecule has 4 nitrogen and oxygen atoms in total. The predicted octanol–water partition coefficient (Wildman–Crippen LogP) is 2.94. The molecule has 22 heavy (non-hydrogen) atoms. The van der Waals surface area contributed by atoms with E-state index in [9.17, 15) is 4.79 Å². The number of nitrogens with zero attached hydrogens (tertiary/aromatic N) is 1. The van der Waals surface area contributed by atoms with E-state index in [-0.39, 0.29) is 5.84 Å². The van der Waals surface area contributed by atoms with Gasteiger partial charge in [0, 0.05) is 7.05 Å². The lowest BCUT2D eigenvalue weighted by atomic mass is 9.90. The van der Waals surface area contributed by atoms with Crippen LogP contribution in [0.15, 0.2) is 47.4 Å². The van der Waals surface area contributed by atoms with Crippen molar-refractivity contribution in [1.82, 2.24) is 0 Å². The number of nitrogens with two attached hydrogens (primary N) is 1. The number of hydrogen-bond donors (Lipinski definition) is 1. The standard InChI is InChI=1S/C14H15BN2O2.C3H8/c1-9(7-12(15)13(16)17-2)10-5-4-6-11(8-10)14(18)19-3;1-3-2/h4-8H,1H2,2-3H3,(H2,16,17);3H2,1-2H3/b12-7+;. The third kappa shape index (κ3) is 6.44. The fraction of sp³-hybridized carbons (Fsp3) is 0.294. The molecule has 0 aliphatic heterocycles. The van der Waals surface area contributed by atoms with Crippen molar-refractivity contribution in [3.8, 4) is 0 Å². The maximum atomic E-state index is 11.4. The van der Waals surface area contributed by atoms with Gasteiger partial charge in [0.25, 0.3) is 0 Å². The fourth-order valence-electron chi connectivity index (χ4n) is 1.44. The molecule has 0 aliphatic rings. The van der Waals surface area contributed by atoms with Crippen LogP contribution in [0.5, 0.6) is 0 Å². The van der Waals surface area contributed by atoms with E-state index in [0.717, 1.165) is 5.56 Å². The van der Waals surface area contributed by atoms with Gasteiger partial charge in [0.2, 0.25) is 0 Å². The van der Waals surface area contributed by atoms with Crippen LogP contribution in [0.3, 0.4) is 0 Å². The minimum absolute atomic E-state index is 0.241. The van der Waals surface area contributed by atoms with Crippen molar-refractivity contribution in [2.75, 3.05) is 14.2 Å². The van der Waals surface area contributed by atoms with E-state index in [1.54, 1.807) is 31.3 Å². The lowest BCUT2D eigenvalue weighted by Gasteiger charge is -2.06. The maximum Gasteiger partial charge on any atom is 0.337 e. The van der Waals surface area contributed by atoms with Gasteiger partial charge < -0.3 is 10.5 Å². The van der Waals surface area contributed by atoms with Crippen LogP contribution in [-0.4, -0.2) is 33.8 Å². The van der Waals surface area contributed by atoms with Crippen LogP contribution in [0.4, 0.5) is 0 Å². The van der Waals surface area contributed by atoms with Crippen LogP contribution in [0.25, 0.3) is 5.57 Å². The second-order valence-corrected chi connectivity index (χ2v) is 4.51. The van der Waals surface area contributed by atoms with Crippen molar-refractivity contribution in [1.29, 1.82) is 0 Å². The van der Waals surface area contributed by atoms with Crippen molar-refractivity contribution in [3.63, 3.8) is 0 Å². The molecule has 0 aromatic heterocycles. The molecule has 0 amide bonds. The summed E-state index contributed by atoms with van der Waals surface area (Å²) >= 11 is 0. The highest BCUT2D eigenvalue weighted by atomic mass is 16.5. The number of ether oxygens (including phenoxy) is 1. The number of benzene rings is 1. The quantitative estimate of drug-likeness (QED) is 0.305. The largest absolute Gasteiger partial charge is 0.465 e. The molecule has 1 rings (SSSR count). The van der Waals surface area contributed by atoms with Gasteiger partial charge in [-0.05, 0) is 23.3 Å². The molecule has 0 bridgehead atoms. The van der Waals surface area contributed by atoms with E-state index in [0.29, 0.717) is 16.6 Å². The molecule has 116 valence electrons. The van der Waals surface area contributed by atoms with E-state index in [1.165, 1.54) is 13.5 Å². The molecule has 2 N–H and O–H groups in total. The number of esters is 1. The number of rotatable bonds is 4. The Bertz CT molecular complexity index is 578. The summed E-state index contributed by atoms with van der Waals surface area (Å²) in [6.45, 7) is 8.14. The van der Waals surface area contributed by atoms with Crippen LogP contribution >= 0.6 is 0 Å². The zero-order valence-electron chi connectivity index (χ0n) is 13.7. The molecule has 0 atom stereocenters. The van der Waals surface area contributed by atoms with Crippen molar-refractivity contribution < 1.29 is 9.53 Å². The predicted molar refractivity (Wildman–Crippen MR) is 94.2 cm³/mol. The second-order valence-electron chi connectivity index (χ2n) is 4.51. The van der Waals surface area contributed by atoms with Gasteiger partial charge in [0.15, 0.2) is 0 Å². The molecule has 0 aliphatic carbocycles. The van der Waals surface area contributed by atoms with Gasteiger partial charge in [-0.2, -0.15) is 0 Å². The molecule has 0 unspecified atom stereocenters. The second kappa shape index (κ2) is 10.4. The fourth-order valence-corrected chi connectivity index (χ4v) is 1.44. The van der Waals surface area contributed by atoms with Gasteiger partial charge in [0.05, 0.1) is 12.7 Å². The molecule has 0 fully saturated rings. The van der Waals surface area contributed by atoms with E-state index >= 15 is 0 Å². The highest BCUT2D eigenvalue weighted by molar-refractivity contribution is 6.38. The van der Waals surface area contributed by atoms with E-state index in [4.69, 9.17) is 13.6 Å². The van der Waals surface area contributed by atoms with Gasteiger partial charge >= 0.3 is 5.97 Å². The Morgan fingerprint density at radius 2 is 1.95 bits per heavy atom. The normalized spacial score (nSPS) is 11.3. The summed E-state index contributed by atoms with van der Waals surface area (Å²) < 4.78 is 4.66. The van der Waals surface area contributed by atoms with Crippen LogP contribution in [0.2, 0.25) is 0 Å². The SMILES string of the molecule is CCC.[B]/C(=C/C(=C)c1cccc(C(=O)OC)c1)C(N)=NC. The molecule has 0 heterocycles. The number of aliphatic imine (C=N–C) groups is 1. The highest BCUT2D eigenvalue weighted by Crippen LogP contribution is 2.17. The number of methoxy groups -OCH3 is 1. The number of allylic oxidation sites excluding steroid dienone is 2. The van der Waals surface area contributed by atoms with Crippen molar-refractivity contribution >= 4 is 25.2 Å². The molecule has 0 saturated carbocycles. The Morgan fingerprint density at radius 1 is 1.41 bits per heavy atom. The van der Waals surface area contributed by atoms with Crippen LogP contribution in [0.1, 0.15) is 36.2 Å². The number of amidine groups is 1. The molecule has 1 aromatic rings. The molecule has 1 aromatic carbocycles. The summed E-state index contributed by atoms with van der Waals surface area (Å²) in [4.78, 5) is 15.2. The Balaban J connectivity index is 0.00000135. The molecule has 2 radical (unpaired) electrons. The molecule has 0 saturated heterocycles. The van der Waals surface area contributed by atoms with Crippen LogP contribution in [-0.2, 0) is 4.74 Å². The van der Waals surface area contributed by atoms with Gasteiger partial charge in [-0.25, -0.2) is 4.79 Å². The van der Waals surface area contributed by atoms with Gasteiger partial charge in [-0.3, -0.25) is 4.99 Å². The Hall–Kier alpha value is -2.30. The monoisotopic (exact) mass is 298 g/mol. The highest BCUT2D eigenvalue weighted by Gasteiger charge is 2.06. The van der Waals surface area contributed by atoms with Crippen molar-refractivity contribution in [2.24, 2.45) is 10.7 Å². The maximum absolute atomic E-state index is 11.4. The summed E-state index contributed by atoms with van der Waals surface area (Å²) in [6.07, 6.45) is 2.86. The first kappa shape index (κ1) is 19.7. The summed E-state index contributed by atoms with van der Waals surface area (Å²) in [5.41, 5.74) is 7.76. The lowest BCUT2D eigenvalue weighted by molar-refractivity contribution is 0.0600. The minimum Gasteiger partial charge on any atom is -0.465 e. The van der Waals surface area contributed by atoms with E-state index < -0.39 is 5.97 Å². The van der Waals surface area contributed by atoms with Gasteiger partial charge in [0.1, 0.15) is 13.7 Å². The summed E-state index contributed by atoms with van der Waals surface area (Å²) in [5.74, 6) is -0.161. The first-order valence-corrected chi connectivity index (χ1v) is 6.98. The van der Waals surface area contributed by atoms with Gasteiger partial charge in [-0.1, -0.05) is 50.5 Å². The Kier molecular flexibility index (Phi) is 9.35. The third-order valence-electron chi connectivity index (χ3n) is 2.52. The zero-order chi connectivity index (χ0) is 17.1. The third-order valence-corrected chi connectivity index (χ3v) is 2.52. The Labute approximate surface area is 134 Å². The zero-order valence-corrected chi connectivity index (χ0v) is 13.7. The Morgan fingerprint density at radius 3 is 2.45 bits per heavy atom. The van der Waals surface area contributed by atoms with Crippen molar-refractivity contribution in [3.05, 3.63) is 53.5 Å². The average molecular weight is 298 g/mol. The summed E-state index contributed by atoms with van der Waals surface area (Å²) in [7, 11) is 8.63. The number of carbonyl (C=O) groups excluding carboxylic acids is 1. The minimum atomic E-state index is -0.402. The lowest BCUT2D eigenvalue weighted by Crippen LogP contribution is -2.14. The number of carbonyl (C=O) groups is 1. The van der Waals surface area contributed by atoms with Crippen LogP contribution < -0.4 is 5.73 Å². The van der Waals surface area contributed by atoms with E-state index in [2.05, 4.69) is 30.2 Å². The topological polar surface area (TPSA) is 64.7 Å². The summed E-state index contributed by atoms with van der Waals surface area (Å²) in [6, 6.07) is 6.90. The van der Waals surface area contributed by atoms with Gasteiger partial charge in [-0.15, -0.1) is 0 Å². The molecule has 0 spiro atoms. The number of hydrogen-bond acceptors (Lipinski definition) is 3. The first-order valence-electron chi connectivity index (χ1n) is 6.98. The average Bonchev–Trinajstić information content (AvgIpc) is 2.53. The molecular formula is C17H23BN2O2. The molecular weight excluding hydrogens is 275 g/mol. The van der Waals surface area contributed by atoms with E-state index in [1.807, 2.05) is 6.07 Å². The smallest absolute Gasteiger partial charge is 0.337 e. The first-order chi connectivity index (χ1) is 10.4. The van der Waals surface area contributed by atoms with Crippen LogP contribution in [0, 0.1) is 0 Å². The summed E-state index contributed by atoms with van der Waals surface area (Å²) in [5, 5.41) is 0.